The Labute approximate surface area is 94.3 Å². The van der Waals surface area contributed by atoms with Crippen LogP contribution < -0.4 is 4.90 Å². The first kappa shape index (κ1) is 11.3. The molecule has 1 saturated heterocycles. The van der Waals surface area contributed by atoms with Gasteiger partial charge >= 0.3 is 0 Å². The van der Waals surface area contributed by atoms with Crippen molar-refractivity contribution in [2.45, 2.75) is 32.1 Å². The van der Waals surface area contributed by atoms with E-state index in [1.54, 1.807) is 11.1 Å². The molecule has 0 N–H and O–H groups in total. The molecule has 0 atom stereocenters. The zero-order valence-electron chi connectivity index (χ0n) is 9.58. The monoisotopic (exact) mass is 226 g/mol. The lowest BCUT2D eigenvalue weighted by atomic mass is 10.1. The highest BCUT2D eigenvalue weighted by Crippen LogP contribution is 2.30. The number of hydrogen-bond acceptors (Lipinski definition) is 2. The molecule has 4 heteroatoms. The number of hydrogen-bond donors (Lipinski definition) is 0. The van der Waals surface area contributed by atoms with Gasteiger partial charge in [-0.25, -0.2) is 13.8 Å². The highest BCUT2D eigenvalue weighted by Gasteiger charge is 2.38. The molecule has 0 bridgehead atoms. The van der Waals surface area contributed by atoms with Gasteiger partial charge in [-0.05, 0) is 17.5 Å². The third-order valence-corrected chi connectivity index (χ3v) is 2.93. The number of alkyl halides is 2. The van der Waals surface area contributed by atoms with Crippen molar-refractivity contribution >= 4 is 5.82 Å². The number of aromatic nitrogens is 1. The maximum Gasteiger partial charge on any atom is 0.266 e. The van der Waals surface area contributed by atoms with Crippen molar-refractivity contribution < 1.29 is 8.78 Å². The van der Waals surface area contributed by atoms with Gasteiger partial charge in [0.15, 0.2) is 0 Å². The minimum atomic E-state index is -2.56. The zero-order valence-corrected chi connectivity index (χ0v) is 9.58. The molecule has 16 heavy (non-hydrogen) atoms. The van der Waals surface area contributed by atoms with Gasteiger partial charge in [-0.15, -0.1) is 0 Å². The summed E-state index contributed by atoms with van der Waals surface area (Å²) in [6.45, 7) is 4.35. The van der Waals surface area contributed by atoms with Crippen molar-refractivity contribution in [1.82, 2.24) is 4.98 Å². The van der Waals surface area contributed by atoms with Crippen molar-refractivity contribution in [2.75, 3.05) is 18.0 Å². The van der Waals surface area contributed by atoms with E-state index < -0.39 is 5.92 Å². The van der Waals surface area contributed by atoms with Gasteiger partial charge in [-0.2, -0.15) is 0 Å². The van der Waals surface area contributed by atoms with Crippen molar-refractivity contribution in [2.24, 2.45) is 0 Å². The topological polar surface area (TPSA) is 16.1 Å². The second-order valence-corrected chi connectivity index (χ2v) is 4.63. The van der Waals surface area contributed by atoms with Crippen LogP contribution in [0, 0.1) is 0 Å². The van der Waals surface area contributed by atoms with Gasteiger partial charge < -0.3 is 4.90 Å². The van der Waals surface area contributed by atoms with E-state index in [1.165, 1.54) is 0 Å². The summed E-state index contributed by atoms with van der Waals surface area (Å²) in [5.41, 5.74) is 1.13. The van der Waals surface area contributed by atoms with Crippen molar-refractivity contribution in [3.05, 3.63) is 23.9 Å². The van der Waals surface area contributed by atoms with E-state index in [0.29, 0.717) is 18.3 Å². The molecular weight excluding hydrogens is 210 g/mol. The predicted molar refractivity (Wildman–Crippen MR) is 60.1 cm³/mol. The Kier molecular flexibility index (Phi) is 2.82. The number of anilines is 1. The second-order valence-electron chi connectivity index (χ2n) is 4.63. The molecule has 0 spiro atoms. The van der Waals surface area contributed by atoms with Crippen molar-refractivity contribution in [3.8, 4) is 0 Å². The number of rotatable bonds is 2. The lowest BCUT2D eigenvalue weighted by Crippen LogP contribution is -2.25. The van der Waals surface area contributed by atoms with Crippen LogP contribution in [0.15, 0.2) is 18.3 Å². The summed E-state index contributed by atoms with van der Waals surface area (Å²) >= 11 is 0. The van der Waals surface area contributed by atoms with Crippen LogP contribution in [-0.2, 0) is 0 Å². The molecular formula is C12H16F2N2. The number of halogens is 2. The fourth-order valence-corrected chi connectivity index (χ4v) is 1.86. The summed E-state index contributed by atoms with van der Waals surface area (Å²) in [7, 11) is 0. The van der Waals surface area contributed by atoms with Gasteiger partial charge in [0, 0.05) is 19.2 Å². The molecule has 2 heterocycles. The molecule has 2 rings (SSSR count). The van der Waals surface area contributed by atoms with Crippen LogP contribution in [0.4, 0.5) is 14.6 Å². The van der Waals surface area contributed by atoms with Gasteiger partial charge in [0.1, 0.15) is 5.82 Å². The van der Waals surface area contributed by atoms with Crippen LogP contribution in [0.3, 0.4) is 0 Å². The Morgan fingerprint density at radius 1 is 1.38 bits per heavy atom. The highest BCUT2D eigenvalue weighted by molar-refractivity contribution is 5.41. The minimum Gasteiger partial charge on any atom is -0.350 e. The average Bonchev–Trinajstić information content (AvgIpc) is 2.59. The van der Waals surface area contributed by atoms with E-state index in [4.69, 9.17) is 0 Å². The minimum absolute atomic E-state index is 0.0688. The van der Waals surface area contributed by atoms with Crippen LogP contribution >= 0.6 is 0 Å². The number of nitrogens with zero attached hydrogens (tertiary/aromatic N) is 2. The Morgan fingerprint density at radius 2 is 2.12 bits per heavy atom. The van der Waals surface area contributed by atoms with Gasteiger partial charge in [0.2, 0.25) is 0 Å². The summed E-state index contributed by atoms with van der Waals surface area (Å²) in [5.74, 6) is -1.48. The van der Waals surface area contributed by atoms with E-state index in [1.807, 2.05) is 12.1 Å². The fourth-order valence-electron chi connectivity index (χ4n) is 1.86. The average molecular weight is 226 g/mol. The summed E-state index contributed by atoms with van der Waals surface area (Å²) < 4.78 is 26.0. The maximum absolute atomic E-state index is 13.0. The third kappa shape index (κ3) is 2.31. The quantitative estimate of drug-likeness (QED) is 0.770. The van der Waals surface area contributed by atoms with Crippen LogP contribution in [0.5, 0.6) is 0 Å². The molecule has 2 nitrogen and oxygen atoms in total. The van der Waals surface area contributed by atoms with E-state index >= 15 is 0 Å². The summed E-state index contributed by atoms with van der Waals surface area (Å²) in [4.78, 5) is 5.88. The maximum atomic E-state index is 13.0. The third-order valence-electron chi connectivity index (χ3n) is 2.93. The van der Waals surface area contributed by atoms with Crippen molar-refractivity contribution in [3.63, 3.8) is 0 Å². The summed E-state index contributed by atoms with van der Waals surface area (Å²) in [6, 6.07) is 3.79. The summed E-state index contributed by atoms with van der Waals surface area (Å²) in [5, 5.41) is 0. The van der Waals surface area contributed by atoms with Crippen LogP contribution in [-0.4, -0.2) is 24.0 Å². The normalized spacial score (nSPS) is 19.4. The Morgan fingerprint density at radius 3 is 2.56 bits per heavy atom. The van der Waals surface area contributed by atoms with Crippen LogP contribution in [0.25, 0.3) is 0 Å². The first-order valence-electron chi connectivity index (χ1n) is 5.57. The van der Waals surface area contributed by atoms with E-state index in [0.717, 1.165) is 5.56 Å². The van der Waals surface area contributed by atoms with Gasteiger partial charge in [0.05, 0.1) is 6.54 Å². The highest BCUT2D eigenvalue weighted by atomic mass is 19.3. The molecule has 1 aromatic heterocycles. The number of pyridine rings is 1. The molecule has 0 unspecified atom stereocenters. The largest absolute Gasteiger partial charge is 0.350 e. The SMILES string of the molecule is CC(C)c1ccc(N2CCC(F)(F)C2)nc1. The van der Waals surface area contributed by atoms with Gasteiger partial charge in [-0.1, -0.05) is 19.9 Å². The first-order chi connectivity index (χ1) is 7.48. The second kappa shape index (κ2) is 4.00. The van der Waals surface area contributed by atoms with E-state index in [2.05, 4.69) is 18.8 Å². The Balaban J connectivity index is 2.11. The molecule has 1 aromatic rings. The summed E-state index contributed by atoms with van der Waals surface area (Å²) in [6.07, 6.45) is 1.71. The fraction of sp³-hybridized carbons (Fsp3) is 0.583. The molecule has 0 saturated carbocycles. The van der Waals surface area contributed by atoms with Gasteiger partial charge in [-0.3, -0.25) is 0 Å². The molecule has 1 aliphatic heterocycles. The van der Waals surface area contributed by atoms with E-state index in [9.17, 15) is 8.78 Å². The van der Waals surface area contributed by atoms with Gasteiger partial charge in [0.25, 0.3) is 5.92 Å². The Hall–Kier alpha value is -1.19. The van der Waals surface area contributed by atoms with Crippen LogP contribution in [0.2, 0.25) is 0 Å². The molecule has 88 valence electrons. The molecule has 0 amide bonds. The predicted octanol–water partition coefficient (Wildman–Crippen LogP) is 3.05. The Bertz CT molecular complexity index is 360. The molecule has 0 aliphatic carbocycles. The lowest BCUT2D eigenvalue weighted by molar-refractivity contribution is 0.0257. The smallest absolute Gasteiger partial charge is 0.266 e. The zero-order chi connectivity index (χ0) is 11.8. The van der Waals surface area contributed by atoms with Crippen LogP contribution in [0.1, 0.15) is 31.7 Å². The standard InChI is InChI=1S/C12H16F2N2/c1-9(2)10-3-4-11(15-7-10)16-6-5-12(13,14)8-16/h3-4,7,9H,5-6,8H2,1-2H3. The molecule has 0 aromatic carbocycles. The molecule has 0 radical (unpaired) electrons. The van der Waals surface area contributed by atoms with Crippen molar-refractivity contribution in [1.29, 1.82) is 0 Å². The lowest BCUT2D eigenvalue weighted by Gasteiger charge is -2.17. The molecule has 1 aliphatic rings. The molecule has 1 fully saturated rings. The first-order valence-corrected chi connectivity index (χ1v) is 5.57. The van der Waals surface area contributed by atoms with E-state index in [-0.39, 0.29) is 13.0 Å².